The van der Waals surface area contributed by atoms with Gasteiger partial charge in [0.2, 0.25) is 0 Å². The van der Waals surface area contributed by atoms with Crippen molar-refractivity contribution in [2.24, 2.45) is 0 Å². The van der Waals surface area contributed by atoms with Gasteiger partial charge in [0.15, 0.2) is 0 Å². The highest BCUT2D eigenvalue weighted by Gasteiger charge is 2.29. The van der Waals surface area contributed by atoms with E-state index in [0.29, 0.717) is 6.04 Å². The van der Waals surface area contributed by atoms with Gasteiger partial charge in [-0.15, -0.1) is 0 Å². The largest absolute Gasteiger partial charge is 0.366 e. The van der Waals surface area contributed by atoms with Gasteiger partial charge in [0.05, 0.1) is 5.69 Å². The summed E-state index contributed by atoms with van der Waals surface area (Å²) >= 11 is 0. The summed E-state index contributed by atoms with van der Waals surface area (Å²) in [6, 6.07) is 6.36. The third-order valence-electron chi connectivity index (χ3n) is 4.60. The Morgan fingerprint density at radius 3 is 2.89 bits per heavy atom. The number of halogens is 1. The molecule has 2 aliphatic heterocycles. The lowest BCUT2D eigenvalue weighted by Gasteiger charge is -2.45. The lowest BCUT2D eigenvalue weighted by molar-refractivity contribution is 0.133. The van der Waals surface area contributed by atoms with Crippen LogP contribution in [0.25, 0.3) is 0 Å². The van der Waals surface area contributed by atoms with Crippen molar-refractivity contribution < 1.29 is 4.39 Å². The lowest BCUT2D eigenvalue weighted by Crippen LogP contribution is -2.55. The Balaban J connectivity index is 1.75. The number of aryl methyl sites for hydroxylation is 1. The number of piperidine rings is 1. The summed E-state index contributed by atoms with van der Waals surface area (Å²) < 4.78 is 14.2. The van der Waals surface area contributed by atoms with E-state index >= 15 is 0 Å². The number of fused-ring (bicyclic) bond motifs is 1. The fraction of sp³-hybridized carbons (Fsp3) is 0.625. The van der Waals surface area contributed by atoms with Gasteiger partial charge in [0.1, 0.15) is 5.82 Å². The molecule has 0 aliphatic carbocycles. The van der Waals surface area contributed by atoms with Crippen molar-refractivity contribution in [3.63, 3.8) is 0 Å². The fourth-order valence-electron chi connectivity index (χ4n) is 3.40. The third kappa shape index (κ3) is 2.62. The first-order valence-corrected chi connectivity index (χ1v) is 7.55. The number of anilines is 1. The Kier molecular flexibility index (Phi) is 3.74. The van der Waals surface area contributed by atoms with Gasteiger partial charge >= 0.3 is 0 Å². The number of benzene rings is 1. The van der Waals surface area contributed by atoms with Gasteiger partial charge in [0.25, 0.3) is 0 Å². The second-order valence-corrected chi connectivity index (χ2v) is 5.77. The molecule has 1 aromatic rings. The van der Waals surface area contributed by atoms with Crippen LogP contribution in [0.2, 0.25) is 0 Å². The van der Waals surface area contributed by atoms with Crippen LogP contribution < -0.4 is 4.90 Å². The van der Waals surface area contributed by atoms with E-state index in [9.17, 15) is 4.39 Å². The Bertz CT molecular complexity index is 446. The van der Waals surface area contributed by atoms with Gasteiger partial charge in [-0.3, -0.25) is 4.90 Å². The molecule has 2 saturated heterocycles. The van der Waals surface area contributed by atoms with E-state index in [1.54, 1.807) is 6.07 Å². The maximum atomic E-state index is 14.2. The molecule has 1 atom stereocenters. The van der Waals surface area contributed by atoms with E-state index < -0.39 is 0 Å². The molecule has 2 aliphatic rings. The zero-order valence-corrected chi connectivity index (χ0v) is 11.7. The third-order valence-corrected chi connectivity index (χ3v) is 4.60. The van der Waals surface area contributed by atoms with E-state index in [2.05, 4.69) is 22.8 Å². The van der Waals surface area contributed by atoms with Gasteiger partial charge in [0, 0.05) is 25.7 Å². The summed E-state index contributed by atoms with van der Waals surface area (Å²) in [5, 5.41) is 0. The molecule has 0 radical (unpaired) electrons. The normalized spacial score (nSPS) is 24.3. The van der Waals surface area contributed by atoms with Crippen LogP contribution in [0.1, 0.15) is 31.7 Å². The molecule has 104 valence electrons. The lowest BCUT2D eigenvalue weighted by atomic mass is 9.99. The first kappa shape index (κ1) is 12.9. The second-order valence-electron chi connectivity index (χ2n) is 5.77. The molecule has 0 bridgehead atoms. The predicted octanol–water partition coefficient (Wildman–Crippen LogP) is 3.06. The molecule has 2 fully saturated rings. The Hall–Kier alpha value is -1.09. The number of piperazine rings is 1. The monoisotopic (exact) mass is 262 g/mol. The van der Waals surface area contributed by atoms with E-state index in [1.807, 2.05) is 6.07 Å². The van der Waals surface area contributed by atoms with Crippen LogP contribution in [-0.2, 0) is 6.42 Å². The number of rotatable bonds is 2. The molecule has 19 heavy (non-hydrogen) atoms. The summed E-state index contributed by atoms with van der Waals surface area (Å²) in [6.07, 6.45) is 4.82. The summed E-state index contributed by atoms with van der Waals surface area (Å²) in [5.41, 5.74) is 1.87. The molecule has 0 saturated carbocycles. The van der Waals surface area contributed by atoms with E-state index in [4.69, 9.17) is 0 Å². The van der Waals surface area contributed by atoms with Crippen LogP contribution in [0.4, 0.5) is 10.1 Å². The van der Waals surface area contributed by atoms with Gasteiger partial charge in [-0.2, -0.15) is 0 Å². The number of nitrogens with zero attached hydrogens (tertiary/aromatic N) is 2. The summed E-state index contributed by atoms with van der Waals surface area (Å²) in [7, 11) is 0. The second kappa shape index (κ2) is 5.49. The summed E-state index contributed by atoms with van der Waals surface area (Å²) in [4.78, 5) is 4.82. The maximum absolute atomic E-state index is 14.2. The highest BCUT2D eigenvalue weighted by molar-refractivity contribution is 5.50. The quantitative estimate of drug-likeness (QED) is 0.808. The van der Waals surface area contributed by atoms with Crippen molar-refractivity contribution in [2.75, 3.05) is 31.1 Å². The maximum Gasteiger partial charge on any atom is 0.146 e. The topological polar surface area (TPSA) is 6.48 Å². The molecule has 0 amide bonds. The number of hydrogen-bond donors (Lipinski definition) is 0. The van der Waals surface area contributed by atoms with Crippen molar-refractivity contribution in [2.45, 2.75) is 38.6 Å². The molecule has 2 nitrogen and oxygen atoms in total. The van der Waals surface area contributed by atoms with Gasteiger partial charge in [-0.1, -0.05) is 19.4 Å². The summed E-state index contributed by atoms with van der Waals surface area (Å²) in [6.45, 7) is 6.33. The minimum Gasteiger partial charge on any atom is -0.366 e. The zero-order chi connectivity index (χ0) is 13.2. The highest BCUT2D eigenvalue weighted by atomic mass is 19.1. The number of hydrogen-bond acceptors (Lipinski definition) is 2. The molecular weight excluding hydrogens is 239 g/mol. The van der Waals surface area contributed by atoms with E-state index in [0.717, 1.165) is 37.3 Å². The van der Waals surface area contributed by atoms with Crippen LogP contribution >= 0.6 is 0 Å². The zero-order valence-electron chi connectivity index (χ0n) is 11.7. The van der Waals surface area contributed by atoms with Crippen molar-refractivity contribution in [3.8, 4) is 0 Å². The average molecular weight is 262 g/mol. The first-order chi connectivity index (χ1) is 9.28. The summed E-state index contributed by atoms with van der Waals surface area (Å²) in [5.74, 6) is -0.0522. The molecular formula is C16H23FN2. The van der Waals surface area contributed by atoms with Crippen LogP contribution in [0.3, 0.4) is 0 Å². The predicted molar refractivity (Wildman–Crippen MR) is 77.2 cm³/mol. The minimum absolute atomic E-state index is 0.0522. The van der Waals surface area contributed by atoms with E-state index in [1.165, 1.54) is 25.8 Å². The van der Waals surface area contributed by atoms with Crippen LogP contribution in [0.5, 0.6) is 0 Å². The molecule has 3 heteroatoms. The highest BCUT2D eigenvalue weighted by Crippen LogP contribution is 2.27. The standard InChI is InChI=1S/C16H23FN2/c1-2-13-6-7-16(15(17)11-13)19-10-9-18-8-4-3-5-14(18)12-19/h6-7,11,14H,2-5,8-10,12H2,1H3. The van der Waals surface area contributed by atoms with Crippen molar-refractivity contribution in [1.82, 2.24) is 4.90 Å². The van der Waals surface area contributed by atoms with Gasteiger partial charge in [-0.05, 0) is 43.5 Å². The van der Waals surface area contributed by atoms with E-state index in [-0.39, 0.29) is 5.82 Å². The minimum atomic E-state index is -0.0522. The Morgan fingerprint density at radius 2 is 2.11 bits per heavy atom. The molecule has 2 heterocycles. The van der Waals surface area contributed by atoms with Crippen LogP contribution in [0.15, 0.2) is 18.2 Å². The molecule has 0 N–H and O–H groups in total. The molecule has 1 unspecified atom stereocenters. The fourth-order valence-corrected chi connectivity index (χ4v) is 3.40. The van der Waals surface area contributed by atoms with Gasteiger partial charge < -0.3 is 4.90 Å². The Labute approximate surface area is 115 Å². The van der Waals surface area contributed by atoms with Crippen molar-refractivity contribution >= 4 is 5.69 Å². The van der Waals surface area contributed by atoms with Crippen LogP contribution in [0, 0.1) is 5.82 Å². The van der Waals surface area contributed by atoms with Gasteiger partial charge in [-0.25, -0.2) is 4.39 Å². The smallest absolute Gasteiger partial charge is 0.146 e. The Morgan fingerprint density at radius 1 is 1.21 bits per heavy atom. The molecule has 3 rings (SSSR count). The molecule has 1 aromatic carbocycles. The van der Waals surface area contributed by atoms with Crippen molar-refractivity contribution in [1.29, 1.82) is 0 Å². The molecule has 0 spiro atoms. The SMILES string of the molecule is CCc1ccc(N2CCN3CCCCC3C2)c(F)c1. The first-order valence-electron chi connectivity index (χ1n) is 7.55. The average Bonchev–Trinajstić information content (AvgIpc) is 2.46. The van der Waals surface area contributed by atoms with Crippen LogP contribution in [-0.4, -0.2) is 37.1 Å². The van der Waals surface area contributed by atoms with Crippen molar-refractivity contribution in [3.05, 3.63) is 29.6 Å². The molecule has 0 aromatic heterocycles.